The summed E-state index contributed by atoms with van der Waals surface area (Å²) < 4.78 is 0. The van der Waals surface area contributed by atoms with Crippen LogP contribution in [0, 0.1) is 0 Å². The molecule has 0 spiro atoms. The van der Waals surface area contributed by atoms with Gasteiger partial charge in [0.05, 0.1) is 0 Å². The summed E-state index contributed by atoms with van der Waals surface area (Å²) in [6.07, 6.45) is 5.07. The molecule has 0 radical (unpaired) electrons. The number of rotatable bonds is 6. The second kappa shape index (κ2) is 6.03. The van der Waals surface area contributed by atoms with Gasteiger partial charge in [0.15, 0.2) is 0 Å². The van der Waals surface area contributed by atoms with Crippen LogP contribution in [0.3, 0.4) is 0 Å². The number of hydrogen-bond donors (Lipinski definition) is 2. The summed E-state index contributed by atoms with van der Waals surface area (Å²) in [4.78, 5) is 2.53. The summed E-state index contributed by atoms with van der Waals surface area (Å²) in [7, 11) is 0. The number of benzene rings is 1. The van der Waals surface area contributed by atoms with E-state index in [2.05, 4.69) is 4.90 Å². The van der Waals surface area contributed by atoms with Gasteiger partial charge in [-0.05, 0) is 50.0 Å². The molecule has 1 aliphatic carbocycles. The normalized spacial score (nSPS) is 16.1. The van der Waals surface area contributed by atoms with E-state index < -0.39 is 0 Å². The fraction of sp³-hybridized carbons (Fsp3) is 0.571. The lowest BCUT2D eigenvalue weighted by Gasteiger charge is -2.37. The molecule has 0 amide bonds. The van der Waals surface area contributed by atoms with E-state index >= 15 is 0 Å². The average molecular weight is 234 g/mol. The number of nitrogens with two attached hydrogens (primary N) is 1. The number of nitrogens with zero attached hydrogens (tertiary/aromatic N) is 1. The Hall–Kier alpha value is -1.06. The van der Waals surface area contributed by atoms with Gasteiger partial charge in [-0.25, -0.2) is 0 Å². The highest BCUT2D eigenvalue weighted by molar-refractivity contribution is 5.25. The third-order valence-electron chi connectivity index (χ3n) is 3.56. The first-order valence-corrected chi connectivity index (χ1v) is 6.51. The van der Waals surface area contributed by atoms with Gasteiger partial charge in [-0.2, -0.15) is 0 Å². The van der Waals surface area contributed by atoms with Gasteiger partial charge < -0.3 is 10.8 Å². The van der Waals surface area contributed by atoms with E-state index in [1.807, 2.05) is 12.1 Å². The molecule has 1 aliphatic rings. The second-order valence-corrected chi connectivity index (χ2v) is 4.86. The van der Waals surface area contributed by atoms with Crippen molar-refractivity contribution in [1.29, 1.82) is 0 Å². The predicted octanol–water partition coefficient (Wildman–Crippen LogP) is 2.10. The molecule has 94 valence electrons. The van der Waals surface area contributed by atoms with E-state index in [0.29, 0.717) is 5.75 Å². The summed E-state index contributed by atoms with van der Waals surface area (Å²) in [5, 5.41) is 9.27. The molecule has 0 heterocycles. The molecule has 0 atom stereocenters. The van der Waals surface area contributed by atoms with Crippen LogP contribution >= 0.6 is 0 Å². The maximum absolute atomic E-state index is 9.27. The molecule has 3 N–H and O–H groups in total. The van der Waals surface area contributed by atoms with E-state index in [-0.39, 0.29) is 0 Å². The van der Waals surface area contributed by atoms with Crippen LogP contribution < -0.4 is 5.73 Å². The maximum Gasteiger partial charge on any atom is 0.115 e. The summed E-state index contributed by atoms with van der Waals surface area (Å²) in [5.74, 6) is 0.339. The van der Waals surface area contributed by atoms with Crippen LogP contribution in [-0.4, -0.2) is 29.1 Å². The number of phenolic OH excluding ortho intramolecular Hbond substituents is 1. The minimum Gasteiger partial charge on any atom is -0.508 e. The van der Waals surface area contributed by atoms with Crippen molar-refractivity contribution in [2.24, 2.45) is 5.73 Å². The topological polar surface area (TPSA) is 49.5 Å². The Morgan fingerprint density at radius 2 is 1.94 bits per heavy atom. The molecular weight excluding hydrogens is 212 g/mol. The number of phenols is 1. The summed E-state index contributed by atoms with van der Waals surface area (Å²) in [6.45, 7) is 2.83. The highest BCUT2D eigenvalue weighted by Gasteiger charge is 2.24. The predicted molar refractivity (Wildman–Crippen MR) is 69.8 cm³/mol. The van der Waals surface area contributed by atoms with E-state index in [9.17, 15) is 5.11 Å². The van der Waals surface area contributed by atoms with Crippen LogP contribution in [0.1, 0.15) is 31.2 Å². The molecule has 3 nitrogen and oxygen atoms in total. The fourth-order valence-corrected chi connectivity index (χ4v) is 2.27. The summed E-state index contributed by atoms with van der Waals surface area (Å²) >= 11 is 0. The van der Waals surface area contributed by atoms with Crippen LogP contribution in [0.15, 0.2) is 24.3 Å². The Labute approximate surface area is 103 Å². The maximum atomic E-state index is 9.27. The van der Waals surface area contributed by atoms with E-state index in [0.717, 1.165) is 32.1 Å². The Morgan fingerprint density at radius 1 is 1.24 bits per heavy atom. The van der Waals surface area contributed by atoms with Gasteiger partial charge in [0.2, 0.25) is 0 Å². The quantitative estimate of drug-likeness (QED) is 0.792. The van der Waals surface area contributed by atoms with Crippen molar-refractivity contribution in [2.75, 3.05) is 13.1 Å². The molecule has 1 aromatic carbocycles. The van der Waals surface area contributed by atoms with Crippen molar-refractivity contribution >= 4 is 0 Å². The first-order chi connectivity index (χ1) is 8.29. The zero-order valence-corrected chi connectivity index (χ0v) is 10.3. The first kappa shape index (κ1) is 12.4. The lowest BCUT2D eigenvalue weighted by Crippen LogP contribution is -2.40. The molecule has 1 aromatic rings. The van der Waals surface area contributed by atoms with Gasteiger partial charge in [-0.3, -0.25) is 4.90 Å². The Morgan fingerprint density at radius 3 is 2.47 bits per heavy atom. The van der Waals surface area contributed by atoms with E-state index in [4.69, 9.17) is 5.73 Å². The lowest BCUT2D eigenvalue weighted by molar-refractivity contribution is 0.118. The highest BCUT2D eigenvalue weighted by atomic mass is 16.3. The fourth-order valence-electron chi connectivity index (χ4n) is 2.27. The number of aromatic hydroxyl groups is 1. The molecule has 0 aromatic heterocycles. The Balaban J connectivity index is 1.93. The zero-order chi connectivity index (χ0) is 12.1. The highest BCUT2D eigenvalue weighted by Crippen LogP contribution is 2.26. The Bertz CT molecular complexity index is 333. The van der Waals surface area contributed by atoms with Gasteiger partial charge in [0.25, 0.3) is 0 Å². The van der Waals surface area contributed by atoms with Crippen LogP contribution in [-0.2, 0) is 6.54 Å². The van der Waals surface area contributed by atoms with Gasteiger partial charge in [-0.15, -0.1) is 0 Å². The minimum atomic E-state index is 0.339. The molecule has 2 rings (SSSR count). The molecule has 0 unspecified atom stereocenters. The summed E-state index contributed by atoms with van der Waals surface area (Å²) in [5.41, 5.74) is 6.86. The van der Waals surface area contributed by atoms with Gasteiger partial charge >= 0.3 is 0 Å². The third-order valence-corrected chi connectivity index (χ3v) is 3.56. The molecule has 0 saturated heterocycles. The van der Waals surface area contributed by atoms with Gasteiger partial charge in [0.1, 0.15) is 5.75 Å². The van der Waals surface area contributed by atoms with Crippen LogP contribution in [0.4, 0.5) is 0 Å². The minimum absolute atomic E-state index is 0.339. The van der Waals surface area contributed by atoms with E-state index in [1.54, 1.807) is 12.1 Å². The monoisotopic (exact) mass is 234 g/mol. The van der Waals surface area contributed by atoms with Crippen LogP contribution in [0.25, 0.3) is 0 Å². The SMILES string of the molecule is NCCCN(Cc1ccc(O)cc1)C1CCC1. The summed E-state index contributed by atoms with van der Waals surface area (Å²) in [6, 6.07) is 8.27. The smallest absolute Gasteiger partial charge is 0.115 e. The van der Waals surface area contributed by atoms with Gasteiger partial charge in [0, 0.05) is 12.6 Å². The first-order valence-electron chi connectivity index (χ1n) is 6.51. The molecule has 3 heteroatoms. The van der Waals surface area contributed by atoms with E-state index in [1.165, 1.54) is 24.8 Å². The Kier molecular flexibility index (Phi) is 4.40. The molecule has 17 heavy (non-hydrogen) atoms. The molecule has 1 fully saturated rings. The largest absolute Gasteiger partial charge is 0.508 e. The molecular formula is C14H22N2O. The van der Waals surface area contributed by atoms with Crippen molar-refractivity contribution in [3.63, 3.8) is 0 Å². The third kappa shape index (κ3) is 3.45. The lowest BCUT2D eigenvalue weighted by atomic mass is 9.91. The van der Waals surface area contributed by atoms with Crippen molar-refractivity contribution in [3.8, 4) is 5.75 Å². The van der Waals surface area contributed by atoms with Crippen molar-refractivity contribution in [1.82, 2.24) is 4.90 Å². The molecule has 0 aliphatic heterocycles. The molecule has 1 saturated carbocycles. The van der Waals surface area contributed by atoms with Crippen molar-refractivity contribution in [3.05, 3.63) is 29.8 Å². The van der Waals surface area contributed by atoms with Crippen molar-refractivity contribution in [2.45, 2.75) is 38.3 Å². The number of hydrogen-bond acceptors (Lipinski definition) is 3. The standard InChI is InChI=1S/C14H22N2O/c15-9-2-10-16(13-3-1-4-13)11-12-5-7-14(17)8-6-12/h5-8,13,17H,1-4,9-11,15H2. The zero-order valence-electron chi connectivity index (χ0n) is 10.3. The molecule has 0 bridgehead atoms. The second-order valence-electron chi connectivity index (χ2n) is 4.86. The van der Waals surface area contributed by atoms with Crippen LogP contribution in [0.5, 0.6) is 5.75 Å². The van der Waals surface area contributed by atoms with Crippen LogP contribution in [0.2, 0.25) is 0 Å². The average Bonchev–Trinajstić information content (AvgIpc) is 2.26. The van der Waals surface area contributed by atoms with Gasteiger partial charge in [-0.1, -0.05) is 18.6 Å². The van der Waals surface area contributed by atoms with Crippen molar-refractivity contribution < 1.29 is 5.11 Å².